The van der Waals surface area contributed by atoms with Crippen LogP contribution in [-0.2, 0) is 4.79 Å². The van der Waals surface area contributed by atoms with Gasteiger partial charge in [-0.1, -0.05) is 0 Å². The molecule has 0 aromatic carbocycles. The van der Waals surface area contributed by atoms with Crippen molar-refractivity contribution in [2.45, 2.75) is 6.42 Å². The second-order valence-corrected chi connectivity index (χ2v) is 0.911. The smallest absolute Gasteiger partial charge is 0.550 e. The summed E-state index contributed by atoms with van der Waals surface area (Å²) < 4.78 is 0. The van der Waals surface area contributed by atoms with Crippen molar-refractivity contribution in [2.75, 3.05) is 6.54 Å². The van der Waals surface area contributed by atoms with E-state index in [0.29, 0.717) is 0 Å². The number of nitrogens with two attached hydrogens (primary N) is 1. The fourth-order valence-corrected chi connectivity index (χ4v) is 0.118. The van der Waals surface area contributed by atoms with Crippen molar-refractivity contribution >= 4 is 5.97 Å². The van der Waals surface area contributed by atoms with E-state index in [2.05, 4.69) is 0 Å². The van der Waals surface area contributed by atoms with Crippen molar-refractivity contribution in [3.8, 4) is 0 Å². The van der Waals surface area contributed by atoms with Gasteiger partial charge >= 0.3 is 29.6 Å². The zero-order valence-corrected chi connectivity index (χ0v) is 6.81. The van der Waals surface area contributed by atoms with Crippen LogP contribution < -0.4 is 40.4 Å². The third kappa shape index (κ3) is 16.2. The molecule has 0 unspecified atom stereocenters. The van der Waals surface area contributed by atoms with Crippen LogP contribution in [0.4, 0.5) is 0 Å². The molecule has 44 valence electrons. The second-order valence-electron chi connectivity index (χ2n) is 0.911. The summed E-state index contributed by atoms with van der Waals surface area (Å²) >= 11 is 0. The molecule has 0 aliphatic rings. The molecule has 4 nitrogen and oxygen atoms in total. The van der Waals surface area contributed by atoms with Gasteiger partial charge in [0.25, 0.3) is 0 Å². The Kier molecular flexibility index (Phi) is 20.5. The molecular weight excluding hydrogens is 121 g/mol. The number of carbonyl (C=O) groups is 1. The van der Waals surface area contributed by atoms with Gasteiger partial charge in [-0.25, -0.2) is 0 Å². The first-order valence-electron chi connectivity index (χ1n) is 1.67. The maximum absolute atomic E-state index is 9.41. The zero-order chi connectivity index (χ0) is 4.99. The molecule has 0 aromatic heterocycles. The van der Waals surface area contributed by atoms with Gasteiger partial charge in [0.1, 0.15) is 0 Å². The first-order valence-corrected chi connectivity index (χ1v) is 1.67. The van der Waals surface area contributed by atoms with E-state index < -0.39 is 5.97 Å². The van der Waals surface area contributed by atoms with Crippen molar-refractivity contribution in [2.24, 2.45) is 5.73 Å². The summed E-state index contributed by atoms with van der Waals surface area (Å²) in [6.07, 6.45) is -0.0417. The van der Waals surface area contributed by atoms with E-state index in [-0.39, 0.29) is 48.0 Å². The average Bonchev–Trinajstić information content (AvgIpc) is 1.35. The first-order chi connectivity index (χ1) is 2.77. The van der Waals surface area contributed by atoms with E-state index in [9.17, 15) is 9.90 Å². The van der Waals surface area contributed by atoms with Crippen LogP contribution in [-0.4, -0.2) is 18.0 Å². The number of rotatable bonds is 2. The predicted octanol–water partition coefficient (Wildman–Crippen LogP) is -5.74. The Labute approximate surface area is 69.7 Å². The van der Waals surface area contributed by atoms with E-state index in [1.807, 2.05) is 0 Å². The van der Waals surface area contributed by atoms with Crippen LogP contribution in [0.1, 0.15) is 6.42 Å². The second kappa shape index (κ2) is 10.4. The number of aliphatic carboxylic acids is 1. The van der Waals surface area contributed by atoms with Gasteiger partial charge in [-0.3, -0.25) is 0 Å². The first kappa shape index (κ1) is 15.8. The molecule has 0 aliphatic heterocycles. The molecule has 0 aliphatic carbocycles. The number of carboxylic acids is 1. The van der Waals surface area contributed by atoms with Crippen LogP contribution in [0.25, 0.3) is 0 Å². The third-order valence-electron chi connectivity index (χ3n) is 0.348. The molecule has 0 bridgehead atoms. The van der Waals surface area contributed by atoms with Crippen molar-refractivity contribution in [1.82, 2.24) is 0 Å². The molecule has 5 heteroatoms. The van der Waals surface area contributed by atoms with Crippen LogP contribution >= 0.6 is 0 Å². The molecule has 0 spiro atoms. The van der Waals surface area contributed by atoms with Gasteiger partial charge in [0.05, 0.1) is 0 Å². The molecule has 0 fully saturated rings. The van der Waals surface area contributed by atoms with Crippen LogP contribution in [0.5, 0.6) is 0 Å². The molecule has 0 rings (SSSR count). The summed E-state index contributed by atoms with van der Waals surface area (Å²) in [5.41, 5.74) is 4.81. The molecular formula is C3H8NNaO3. The maximum atomic E-state index is 9.41. The van der Waals surface area contributed by atoms with E-state index in [1.54, 1.807) is 0 Å². The van der Waals surface area contributed by atoms with Crippen LogP contribution in [0.3, 0.4) is 0 Å². The monoisotopic (exact) mass is 129 g/mol. The molecule has 0 saturated heterocycles. The summed E-state index contributed by atoms with van der Waals surface area (Å²) in [6.45, 7) is 0.169. The predicted molar refractivity (Wildman–Crippen MR) is 22.3 cm³/mol. The standard InChI is InChI=1S/C3H7NO2.Na.H2O/c4-2-1-3(5)6;;/h1-2,4H2,(H,5,6);;1H2/q;+1;/p-1. The fourth-order valence-electron chi connectivity index (χ4n) is 0.118. The zero-order valence-electron chi connectivity index (χ0n) is 4.81. The minimum absolute atomic E-state index is 0. The van der Waals surface area contributed by atoms with E-state index in [4.69, 9.17) is 5.73 Å². The van der Waals surface area contributed by atoms with Crippen LogP contribution in [0, 0.1) is 0 Å². The summed E-state index contributed by atoms with van der Waals surface area (Å²) in [7, 11) is 0. The van der Waals surface area contributed by atoms with Crippen molar-refractivity contribution in [3.63, 3.8) is 0 Å². The van der Waals surface area contributed by atoms with Crippen LogP contribution in [0.2, 0.25) is 0 Å². The molecule has 8 heavy (non-hydrogen) atoms. The molecule has 0 amide bonds. The molecule has 0 heterocycles. The number of carbonyl (C=O) groups excluding carboxylic acids is 1. The van der Waals surface area contributed by atoms with Gasteiger partial charge in [-0.2, -0.15) is 0 Å². The summed E-state index contributed by atoms with van der Waals surface area (Å²) in [6, 6.07) is 0. The fraction of sp³-hybridized carbons (Fsp3) is 0.667. The maximum Gasteiger partial charge on any atom is 1.00 e. The quantitative estimate of drug-likeness (QED) is 0.376. The SMILES string of the molecule is NCCC(=O)[O-].O.[Na+]. The molecule has 0 radical (unpaired) electrons. The van der Waals surface area contributed by atoms with Crippen LogP contribution in [0.15, 0.2) is 0 Å². The number of hydrogen-bond acceptors (Lipinski definition) is 3. The number of carboxylic acid groups (broad SMARTS) is 1. The average molecular weight is 129 g/mol. The summed E-state index contributed by atoms with van der Waals surface area (Å²) in [5.74, 6) is -1.09. The topological polar surface area (TPSA) is 97.7 Å². The minimum Gasteiger partial charge on any atom is -0.550 e. The normalized spacial score (nSPS) is 6.12. The van der Waals surface area contributed by atoms with Gasteiger partial charge in [0.2, 0.25) is 0 Å². The van der Waals surface area contributed by atoms with E-state index in [1.165, 1.54) is 0 Å². The van der Waals surface area contributed by atoms with Crippen molar-refractivity contribution < 1.29 is 44.9 Å². The van der Waals surface area contributed by atoms with E-state index >= 15 is 0 Å². The Bertz CT molecular complexity index is 58.5. The number of hydrogen-bond donors (Lipinski definition) is 1. The Morgan fingerprint density at radius 2 is 2.00 bits per heavy atom. The Morgan fingerprint density at radius 3 is 2.00 bits per heavy atom. The Balaban J connectivity index is -0.000000125. The van der Waals surface area contributed by atoms with Gasteiger partial charge in [-0.05, 0) is 13.0 Å². The largest absolute Gasteiger partial charge is 1.00 e. The van der Waals surface area contributed by atoms with Crippen molar-refractivity contribution in [1.29, 1.82) is 0 Å². The molecule has 0 atom stereocenters. The molecule has 0 saturated carbocycles. The van der Waals surface area contributed by atoms with Gasteiger partial charge < -0.3 is 21.1 Å². The van der Waals surface area contributed by atoms with Gasteiger partial charge in [-0.15, -0.1) is 0 Å². The summed E-state index contributed by atoms with van der Waals surface area (Å²) in [5, 5.41) is 9.41. The van der Waals surface area contributed by atoms with Gasteiger partial charge in [0, 0.05) is 5.97 Å². The molecule has 4 N–H and O–H groups in total. The van der Waals surface area contributed by atoms with Gasteiger partial charge in [0.15, 0.2) is 0 Å². The van der Waals surface area contributed by atoms with E-state index in [0.717, 1.165) is 0 Å². The summed E-state index contributed by atoms with van der Waals surface area (Å²) in [4.78, 5) is 9.41. The third-order valence-corrected chi connectivity index (χ3v) is 0.348. The minimum atomic E-state index is -1.09. The Hall–Kier alpha value is 0.390. The molecule has 0 aromatic rings. The Morgan fingerprint density at radius 1 is 1.62 bits per heavy atom. The van der Waals surface area contributed by atoms with Crippen molar-refractivity contribution in [3.05, 3.63) is 0 Å².